The first-order valence-electron chi connectivity index (χ1n) is 25.0. The molecule has 1 aliphatic rings. The summed E-state index contributed by atoms with van der Waals surface area (Å²) in [6.07, 6.45) is -0.853. The standard InChI is InChI=1S/C52H70N10O12S2/c1-28(2)55-38(22-31-12-6-5-7-13-31)46(67)59-41-26-75-76-27-42(50(71)62-44(30(4)64)52(73)74)60-51(72)43(29(3)63)61-45(66)37(16-10-11-21-53)56-48(69)40(24-33-25-54-36-15-9-8-14-35(33)36)58-47(68)39(57-49(41)70)23-32-17-19-34(65)20-18-32/h5-9,12-15,17-20,25,28-30,37-44,54-55,63-65H,10-11,16,21-24,26-27,53H2,1-4H3,(H,56,69)(H,57,70)(H,58,68)(H,59,67)(H,60,72)(H,61,66)(H,62,71)(H,73,74)/t29?,30?,37-,38+,39-,40+,41-,42-,43-,44-/m0/s1. The van der Waals surface area contributed by atoms with Gasteiger partial charge in [0.2, 0.25) is 41.4 Å². The molecule has 2 unspecified atom stereocenters. The summed E-state index contributed by atoms with van der Waals surface area (Å²) in [7, 11) is 1.92. The lowest BCUT2D eigenvalue weighted by Gasteiger charge is -2.29. The van der Waals surface area contributed by atoms with Crippen LogP contribution in [0.25, 0.3) is 10.9 Å². The summed E-state index contributed by atoms with van der Waals surface area (Å²) in [4.78, 5) is 116. The molecule has 10 atom stereocenters. The van der Waals surface area contributed by atoms with Crippen molar-refractivity contribution >= 4 is 79.8 Å². The molecule has 0 radical (unpaired) electrons. The second-order valence-corrected chi connectivity index (χ2v) is 21.5. The third-order valence-corrected chi connectivity index (χ3v) is 14.8. The fourth-order valence-corrected chi connectivity index (χ4v) is 10.6. The van der Waals surface area contributed by atoms with Crippen LogP contribution >= 0.6 is 21.6 Å². The number of aliphatic hydroxyl groups excluding tert-OH is 2. The lowest BCUT2D eigenvalue weighted by molar-refractivity contribution is -0.145. The first-order chi connectivity index (χ1) is 36.2. The Labute approximate surface area is 448 Å². The molecule has 0 bridgehead atoms. The minimum absolute atomic E-state index is 0.0168. The molecule has 1 saturated heterocycles. The number of fused-ring (bicyclic) bond motifs is 1. The number of aliphatic hydroxyl groups is 2. The van der Waals surface area contributed by atoms with Crippen LogP contribution in [0.2, 0.25) is 0 Å². The summed E-state index contributed by atoms with van der Waals surface area (Å²) < 4.78 is 0. The second-order valence-electron chi connectivity index (χ2n) is 18.9. The van der Waals surface area contributed by atoms with Crippen molar-refractivity contribution in [1.29, 1.82) is 0 Å². The third-order valence-electron chi connectivity index (χ3n) is 12.4. The molecule has 5 rings (SSSR count). The van der Waals surface area contributed by atoms with Crippen LogP contribution in [0.1, 0.15) is 63.6 Å². The van der Waals surface area contributed by atoms with E-state index >= 15 is 0 Å². The number of aliphatic carboxylic acids is 1. The maximum absolute atomic E-state index is 14.9. The highest BCUT2D eigenvalue weighted by atomic mass is 33.1. The first-order valence-corrected chi connectivity index (χ1v) is 27.5. The number of phenolic OH excluding ortho intramolecular Hbond substituents is 1. The van der Waals surface area contributed by atoms with E-state index in [2.05, 4.69) is 47.5 Å². The van der Waals surface area contributed by atoms with Crippen molar-refractivity contribution in [3.05, 3.63) is 102 Å². The van der Waals surface area contributed by atoms with Gasteiger partial charge in [0.15, 0.2) is 6.04 Å². The average Bonchev–Trinajstić information content (AvgIpc) is 3.79. The summed E-state index contributed by atoms with van der Waals surface area (Å²) >= 11 is 0. The minimum Gasteiger partial charge on any atom is -0.508 e. The van der Waals surface area contributed by atoms with Crippen molar-refractivity contribution in [2.24, 2.45) is 5.73 Å². The van der Waals surface area contributed by atoms with Gasteiger partial charge in [0, 0.05) is 47.5 Å². The second kappa shape index (κ2) is 29.6. The Hall–Kier alpha value is -6.70. The van der Waals surface area contributed by atoms with Gasteiger partial charge in [-0.25, -0.2) is 4.79 Å². The van der Waals surface area contributed by atoms with Crippen LogP contribution < -0.4 is 48.3 Å². The number of hydrogen-bond acceptors (Lipinski definition) is 15. The van der Waals surface area contributed by atoms with E-state index in [-0.39, 0.29) is 55.5 Å². The number of phenols is 1. The Morgan fingerprint density at radius 1 is 0.711 bits per heavy atom. The Bertz CT molecular complexity index is 2600. The number of benzene rings is 3. The minimum atomic E-state index is -1.81. The largest absolute Gasteiger partial charge is 0.508 e. The van der Waals surface area contributed by atoms with Gasteiger partial charge in [-0.3, -0.25) is 33.6 Å². The zero-order valence-corrected chi connectivity index (χ0v) is 44.4. The number of nitrogens with two attached hydrogens (primary N) is 1. The predicted octanol–water partition coefficient (Wildman–Crippen LogP) is 0.0318. The van der Waals surface area contributed by atoms with Crippen molar-refractivity contribution in [3.8, 4) is 5.75 Å². The lowest BCUT2D eigenvalue weighted by atomic mass is 10.0. The van der Waals surface area contributed by atoms with Gasteiger partial charge in [-0.05, 0) is 81.0 Å². The summed E-state index contributed by atoms with van der Waals surface area (Å²) in [5, 5.41) is 63.4. The molecule has 0 saturated carbocycles. The van der Waals surface area contributed by atoms with Crippen LogP contribution in [-0.4, -0.2) is 157 Å². The van der Waals surface area contributed by atoms with Gasteiger partial charge in [0.05, 0.1) is 18.2 Å². The molecule has 3 aromatic carbocycles. The number of hydrogen-bond donors (Lipinski definition) is 14. The number of amides is 7. The van der Waals surface area contributed by atoms with Crippen molar-refractivity contribution in [3.63, 3.8) is 0 Å². The van der Waals surface area contributed by atoms with E-state index < -0.39 is 108 Å². The topological polar surface area (TPSA) is 356 Å². The van der Waals surface area contributed by atoms with Gasteiger partial charge in [-0.2, -0.15) is 0 Å². The normalized spacial score (nSPS) is 22.1. The maximum Gasteiger partial charge on any atom is 0.328 e. The van der Waals surface area contributed by atoms with E-state index in [0.29, 0.717) is 24.0 Å². The van der Waals surface area contributed by atoms with Crippen molar-refractivity contribution in [2.45, 2.75) is 133 Å². The van der Waals surface area contributed by atoms with Crippen molar-refractivity contribution in [1.82, 2.24) is 47.5 Å². The van der Waals surface area contributed by atoms with Gasteiger partial charge >= 0.3 is 5.97 Å². The number of carbonyl (C=O) groups is 8. The number of para-hydroxylation sites is 1. The van der Waals surface area contributed by atoms with Crippen LogP contribution in [0.15, 0.2) is 85.1 Å². The summed E-state index contributed by atoms with van der Waals surface area (Å²) in [6.45, 7) is 6.30. The van der Waals surface area contributed by atoms with Crippen molar-refractivity contribution in [2.75, 3.05) is 18.1 Å². The summed E-state index contributed by atoms with van der Waals surface area (Å²) in [5.41, 5.74) is 8.46. The molecule has 1 aliphatic heterocycles. The summed E-state index contributed by atoms with van der Waals surface area (Å²) in [6, 6.07) is 10.6. The third kappa shape index (κ3) is 18.3. The molecule has 2 heterocycles. The number of aromatic nitrogens is 1. The number of carbonyl (C=O) groups excluding carboxylic acids is 7. The van der Waals surface area contributed by atoms with Gasteiger partial charge in [0.25, 0.3) is 0 Å². The lowest BCUT2D eigenvalue weighted by Crippen LogP contribution is -2.62. The molecule has 4 aromatic rings. The van der Waals surface area contributed by atoms with Crippen LogP contribution in [0.3, 0.4) is 0 Å². The number of H-pyrrole nitrogens is 1. The molecule has 1 fully saturated rings. The van der Waals surface area contributed by atoms with E-state index in [1.165, 1.54) is 19.1 Å². The highest BCUT2D eigenvalue weighted by molar-refractivity contribution is 8.76. The molecule has 7 amide bonds. The molecule has 22 nitrogen and oxygen atoms in total. The predicted molar refractivity (Wildman–Crippen MR) is 288 cm³/mol. The SMILES string of the molecule is CC(C)N[C@H](Cc1ccccc1)C(=O)N[C@H]1CSSC[C@@H](C(=O)N[C@H](C(=O)O)C(C)O)NC(=O)[C@H](C(C)O)NC(=O)[C@H](CCCCN)NC(=O)[C@@H](Cc2c[nH]c3ccccc23)NC(=O)[C@H](Cc2ccc(O)cc2)NC1=O. The van der Waals surface area contributed by atoms with Crippen molar-refractivity contribution < 1.29 is 58.8 Å². The fraction of sp³-hybridized carbons (Fsp3) is 0.462. The molecule has 24 heteroatoms. The zero-order chi connectivity index (χ0) is 55.5. The molecule has 1 aromatic heterocycles. The number of aromatic hydroxyl groups is 1. The maximum atomic E-state index is 14.9. The smallest absolute Gasteiger partial charge is 0.328 e. The monoisotopic (exact) mass is 1090 g/mol. The Kier molecular flexibility index (Phi) is 23.4. The molecule has 0 aliphatic carbocycles. The van der Waals surface area contributed by atoms with E-state index in [0.717, 1.165) is 45.0 Å². The fourth-order valence-electron chi connectivity index (χ4n) is 8.30. The van der Waals surface area contributed by atoms with E-state index in [1.54, 1.807) is 24.4 Å². The number of carboxylic acid groups (broad SMARTS) is 1. The average molecular weight is 1090 g/mol. The highest BCUT2D eigenvalue weighted by Crippen LogP contribution is 2.25. The van der Waals surface area contributed by atoms with Crippen LogP contribution in [0.4, 0.5) is 0 Å². The Morgan fingerprint density at radius 3 is 1.97 bits per heavy atom. The van der Waals surface area contributed by atoms with E-state index in [4.69, 9.17) is 5.73 Å². The number of unbranched alkanes of at least 4 members (excludes halogenated alkanes) is 1. The highest BCUT2D eigenvalue weighted by Gasteiger charge is 2.37. The summed E-state index contributed by atoms with van der Waals surface area (Å²) in [5.74, 6) is -8.29. The van der Waals surface area contributed by atoms with Gasteiger partial charge in [-0.15, -0.1) is 0 Å². The van der Waals surface area contributed by atoms with Gasteiger partial charge in [-0.1, -0.05) is 96.1 Å². The Morgan fingerprint density at radius 2 is 1.33 bits per heavy atom. The number of nitrogens with one attached hydrogen (secondary N) is 9. The molecule has 15 N–H and O–H groups in total. The van der Waals surface area contributed by atoms with Gasteiger partial charge in [0.1, 0.15) is 42.0 Å². The van der Waals surface area contributed by atoms with E-state index in [1.807, 2.05) is 62.4 Å². The Balaban J connectivity index is 1.61. The number of aromatic amines is 1. The van der Waals surface area contributed by atoms with E-state index in [9.17, 15) is 58.8 Å². The molecule has 412 valence electrons. The molecule has 0 spiro atoms. The number of rotatable bonds is 19. The molecule has 76 heavy (non-hydrogen) atoms. The number of carboxylic acids is 1. The molecular formula is C52H70N10O12S2. The first kappa shape index (κ1) is 60.2. The van der Waals surface area contributed by atoms with Crippen LogP contribution in [0.5, 0.6) is 5.75 Å². The molecular weight excluding hydrogens is 1020 g/mol. The zero-order valence-electron chi connectivity index (χ0n) is 42.7. The van der Waals surface area contributed by atoms with Crippen LogP contribution in [0, 0.1) is 0 Å². The van der Waals surface area contributed by atoms with Crippen LogP contribution in [-0.2, 0) is 57.6 Å². The van der Waals surface area contributed by atoms with Gasteiger partial charge < -0.3 is 73.7 Å². The quantitative estimate of drug-likeness (QED) is 0.0435.